The number of hydrogen-bond acceptors (Lipinski definition) is 7. The number of hydrogen-bond donors (Lipinski definition) is 2. The van der Waals surface area contributed by atoms with E-state index in [2.05, 4.69) is 24.5 Å². The van der Waals surface area contributed by atoms with E-state index in [0.717, 1.165) is 32.4 Å². The maximum absolute atomic E-state index is 12.4. The fraction of sp³-hybridized carbons (Fsp3) is 0.400. The summed E-state index contributed by atoms with van der Waals surface area (Å²) in [7, 11) is -7.43. The van der Waals surface area contributed by atoms with Gasteiger partial charge in [0.05, 0.1) is 9.92 Å². The van der Waals surface area contributed by atoms with Gasteiger partial charge in [0.1, 0.15) is 4.90 Å². The Hall–Kier alpha value is -2.87. The van der Waals surface area contributed by atoms with Crippen molar-refractivity contribution in [2.75, 3.05) is 32.7 Å². The second kappa shape index (κ2) is 14.7. The number of aliphatic imine (C=N–C) groups is 2. The topological polar surface area (TPSA) is 136 Å². The summed E-state index contributed by atoms with van der Waals surface area (Å²) in [5, 5.41) is 6.18. The van der Waals surface area contributed by atoms with Crippen LogP contribution in [0.2, 0.25) is 10.0 Å². The standard InChI is InChI=1S/C13H18ClN3O2S.C12H15ClN4O2S/c1-2-15-13(17-9-5-6-10-17)16-20(18,19)12-8-4-3-7-11(12)14;1-2-14-12(17-8-4-7-15-17)16-20(18,19)11-6-3-5-10(13)9-11/h3-4,7-8H,2,5-6,9-10H2,1H3,(H,15,16);3,5-7,9H,2,4,8H2,1H3,(H,14,16). The molecule has 1 fully saturated rings. The third kappa shape index (κ3) is 8.82. The summed E-state index contributed by atoms with van der Waals surface area (Å²) in [6.45, 7) is 6.94. The molecular weight excluding hydrogens is 597 g/mol. The molecule has 1 saturated heterocycles. The SMILES string of the molecule is CCN=C(NS(=O)(=O)c1cccc(Cl)c1)N1CCC=N1.CCN=C(NS(=O)(=O)c1ccccc1Cl)N1CCCC1. The number of nitrogens with zero attached hydrogens (tertiary/aromatic N) is 5. The maximum atomic E-state index is 12.4. The Morgan fingerprint density at radius 2 is 1.52 bits per heavy atom. The Kier molecular flexibility index (Phi) is 11.6. The average molecular weight is 631 g/mol. The molecule has 4 rings (SSSR count). The van der Waals surface area contributed by atoms with E-state index in [1.54, 1.807) is 36.5 Å². The molecule has 0 spiro atoms. The van der Waals surface area contributed by atoms with Crippen LogP contribution in [0.5, 0.6) is 0 Å². The van der Waals surface area contributed by atoms with Crippen LogP contribution in [-0.4, -0.2) is 77.6 Å². The van der Waals surface area contributed by atoms with Crippen LogP contribution < -0.4 is 9.44 Å². The minimum atomic E-state index is -3.72. The number of nitrogens with one attached hydrogen (secondary N) is 2. The average Bonchev–Trinajstić information content (AvgIpc) is 3.64. The van der Waals surface area contributed by atoms with E-state index in [4.69, 9.17) is 23.2 Å². The van der Waals surface area contributed by atoms with Gasteiger partial charge in [0.25, 0.3) is 20.0 Å². The van der Waals surface area contributed by atoms with Gasteiger partial charge in [-0.1, -0.05) is 41.4 Å². The van der Waals surface area contributed by atoms with Crippen molar-refractivity contribution < 1.29 is 16.8 Å². The molecule has 0 bridgehead atoms. The Balaban J connectivity index is 0.000000220. The van der Waals surface area contributed by atoms with Crippen molar-refractivity contribution in [3.63, 3.8) is 0 Å². The van der Waals surface area contributed by atoms with Crippen molar-refractivity contribution in [3.8, 4) is 0 Å². The van der Waals surface area contributed by atoms with Gasteiger partial charge in [0, 0.05) is 50.4 Å². The van der Waals surface area contributed by atoms with Crippen molar-refractivity contribution in [1.29, 1.82) is 0 Å². The van der Waals surface area contributed by atoms with Crippen LogP contribution in [0.25, 0.3) is 0 Å². The first kappa shape index (κ1) is 31.7. The molecule has 0 atom stereocenters. The lowest BCUT2D eigenvalue weighted by Crippen LogP contribution is -2.42. The lowest BCUT2D eigenvalue weighted by molar-refractivity contribution is 0.475. The molecule has 40 heavy (non-hydrogen) atoms. The Morgan fingerprint density at radius 1 is 0.875 bits per heavy atom. The van der Waals surface area contributed by atoms with Crippen LogP contribution in [-0.2, 0) is 20.0 Å². The number of rotatable bonds is 6. The monoisotopic (exact) mass is 629 g/mol. The highest BCUT2D eigenvalue weighted by Crippen LogP contribution is 2.21. The molecule has 0 saturated carbocycles. The van der Waals surface area contributed by atoms with Gasteiger partial charge in [0.15, 0.2) is 0 Å². The minimum absolute atomic E-state index is 0.0738. The molecule has 2 N–H and O–H groups in total. The Labute approximate surface area is 246 Å². The second-order valence-electron chi connectivity index (χ2n) is 8.60. The summed E-state index contributed by atoms with van der Waals surface area (Å²) >= 11 is 11.8. The van der Waals surface area contributed by atoms with Gasteiger partial charge in [0.2, 0.25) is 11.9 Å². The van der Waals surface area contributed by atoms with Crippen LogP contribution in [0.1, 0.15) is 33.1 Å². The van der Waals surface area contributed by atoms with Gasteiger partial charge in [-0.05, 0) is 57.0 Å². The first-order valence-corrected chi connectivity index (χ1v) is 16.5. The molecular formula is C25H33Cl2N7O4S2. The number of likely N-dealkylation sites (tertiary alicyclic amines) is 1. The number of sulfonamides is 2. The van der Waals surface area contributed by atoms with E-state index in [1.165, 1.54) is 23.2 Å². The third-order valence-electron chi connectivity index (χ3n) is 5.64. The molecule has 15 heteroatoms. The minimum Gasteiger partial charge on any atom is -0.342 e. The predicted molar refractivity (Wildman–Crippen MR) is 160 cm³/mol. The smallest absolute Gasteiger partial charge is 0.265 e. The van der Waals surface area contributed by atoms with Crippen LogP contribution in [0.3, 0.4) is 0 Å². The summed E-state index contributed by atoms with van der Waals surface area (Å²) in [4.78, 5) is 10.5. The molecule has 0 aliphatic carbocycles. The van der Waals surface area contributed by atoms with Crippen molar-refractivity contribution in [1.82, 2.24) is 19.4 Å². The van der Waals surface area contributed by atoms with Crippen molar-refractivity contribution in [2.45, 2.75) is 42.9 Å². The van der Waals surface area contributed by atoms with Gasteiger partial charge in [-0.3, -0.25) is 9.98 Å². The van der Waals surface area contributed by atoms with E-state index in [0.29, 0.717) is 30.6 Å². The highest BCUT2D eigenvalue weighted by molar-refractivity contribution is 7.90. The highest BCUT2D eigenvalue weighted by Gasteiger charge is 2.24. The van der Waals surface area contributed by atoms with Gasteiger partial charge >= 0.3 is 0 Å². The summed E-state index contributed by atoms with van der Waals surface area (Å²) < 4.78 is 54.4. The van der Waals surface area contributed by atoms with E-state index in [-0.39, 0.29) is 20.8 Å². The first-order valence-electron chi connectivity index (χ1n) is 12.8. The van der Waals surface area contributed by atoms with Crippen LogP contribution in [0.15, 0.2) is 73.4 Å². The zero-order valence-corrected chi connectivity index (χ0v) is 25.4. The van der Waals surface area contributed by atoms with E-state index >= 15 is 0 Å². The molecule has 2 aliphatic heterocycles. The van der Waals surface area contributed by atoms with Crippen LogP contribution >= 0.6 is 23.2 Å². The van der Waals surface area contributed by atoms with Crippen molar-refractivity contribution >= 4 is 61.4 Å². The van der Waals surface area contributed by atoms with Crippen LogP contribution in [0.4, 0.5) is 0 Å². The molecule has 0 radical (unpaired) electrons. The summed E-state index contributed by atoms with van der Waals surface area (Å²) in [6, 6.07) is 12.5. The first-order chi connectivity index (χ1) is 19.1. The number of guanidine groups is 2. The van der Waals surface area contributed by atoms with E-state index < -0.39 is 20.0 Å². The molecule has 2 aliphatic rings. The quantitative estimate of drug-likeness (QED) is 0.369. The summed E-state index contributed by atoms with van der Waals surface area (Å²) in [6.07, 6.45) is 4.59. The third-order valence-corrected chi connectivity index (χ3v) is 9.03. The summed E-state index contributed by atoms with van der Waals surface area (Å²) in [5.41, 5.74) is 0. The predicted octanol–water partition coefficient (Wildman–Crippen LogP) is 3.78. The number of halogens is 2. The van der Waals surface area contributed by atoms with Gasteiger partial charge in [-0.15, -0.1) is 0 Å². The van der Waals surface area contributed by atoms with Crippen molar-refractivity contribution in [3.05, 3.63) is 58.6 Å². The molecule has 2 aromatic rings. The van der Waals surface area contributed by atoms with Gasteiger partial charge in [-0.2, -0.15) is 5.10 Å². The highest BCUT2D eigenvalue weighted by atomic mass is 35.5. The summed E-state index contributed by atoms with van der Waals surface area (Å²) in [5.74, 6) is 0.631. The lowest BCUT2D eigenvalue weighted by atomic mass is 10.4. The largest absolute Gasteiger partial charge is 0.342 e. The molecule has 0 unspecified atom stereocenters. The Bertz CT molecular complexity index is 1460. The van der Waals surface area contributed by atoms with E-state index in [1.807, 2.05) is 18.7 Å². The van der Waals surface area contributed by atoms with Gasteiger partial charge < -0.3 is 4.90 Å². The van der Waals surface area contributed by atoms with Crippen molar-refractivity contribution in [2.24, 2.45) is 15.1 Å². The maximum Gasteiger partial charge on any atom is 0.265 e. The number of hydrazone groups is 1. The molecule has 11 nitrogen and oxygen atoms in total. The van der Waals surface area contributed by atoms with Gasteiger partial charge in [-0.25, -0.2) is 31.3 Å². The molecule has 218 valence electrons. The number of benzene rings is 2. The fourth-order valence-corrected chi connectivity index (χ4v) is 6.69. The Morgan fingerprint density at radius 3 is 2.12 bits per heavy atom. The fourth-order valence-electron chi connectivity index (χ4n) is 3.80. The molecule has 0 amide bonds. The zero-order valence-electron chi connectivity index (χ0n) is 22.3. The van der Waals surface area contributed by atoms with E-state index in [9.17, 15) is 16.8 Å². The zero-order chi connectivity index (χ0) is 29.2. The molecule has 0 aromatic heterocycles. The second-order valence-corrected chi connectivity index (χ2v) is 12.8. The van der Waals surface area contributed by atoms with Crippen LogP contribution in [0, 0.1) is 0 Å². The molecule has 2 aromatic carbocycles. The molecule has 2 heterocycles. The lowest BCUT2D eigenvalue weighted by Gasteiger charge is -2.21. The normalized spacial score (nSPS) is 16.1.